The number of halogens is 3. The molecule has 0 amide bonds. The molecular formula is C15H12BrClFNO. The minimum absolute atomic E-state index is 0.0334. The van der Waals surface area contributed by atoms with Crippen LogP contribution in [0.25, 0.3) is 0 Å². The molecule has 0 bridgehead atoms. The summed E-state index contributed by atoms with van der Waals surface area (Å²) in [5.41, 5.74) is 6.26. The molecule has 2 aromatic carbocycles. The molecule has 104 valence electrons. The Labute approximate surface area is 129 Å². The van der Waals surface area contributed by atoms with Crippen molar-refractivity contribution in [2.45, 2.75) is 18.1 Å². The predicted molar refractivity (Wildman–Crippen MR) is 80.1 cm³/mol. The second kappa shape index (κ2) is 4.81. The van der Waals surface area contributed by atoms with Crippen molar-refractivity contribution in [3.63, 3.8) is 0 Å². The van der Waals surface area contributed by atoms with E-state index in [0.717, 1.165) is 5.56 Å². The maximum absolute atomic E-state index is 14.4. The van der Waals surface area contributed by atoms with Gasteiger partial charge in [-0.15, -0.1) is 0 Å². The predicted octanol–water partition coefficient (Wildman–Crippen LogP) is 3.88. The summed E-state index contributed by atoms with van der Waals surface area (Å²) in [6.07, 6.45) is 0.237. The van der Waals surface area contributed by atoms with Gasteiger partial charge in [-0.05, 0) is 33.1 Å². The Kier molecular flexibility index (Phi) is 3.37. The van der Waals surface area contributed by atoms with E-state index in [1.54, 1.807) is 24.3 Å². The monoisotopic (exact) mass is 355 g/mol. The van der Waals surface area contributed by atoms with Crippen LogP contribution in [0.5, 0.6) is 0 Å². The number of nitrogens with two attached hydrogens (primary N) is 1. The first-order chi connectivity index (χ1) is 9.45. The molecular weight excluding hydrogens is 345 g/mol. The molecule has 5 heteroatoms. The lowest BCUT2D eigenvalue weighted by Gasteiger charge is -2.26. The van der Waals surface area contributed by atoms with Crippen molar-refractivity contribution >= 4 is 27.5 Å². The van der Waals surface area contributed by atoms with Crippen LogP contribution in [-0.4, -0.2) is 5.11 Å². The van der Waals surface area contributed by atoms with Crippen molar-refractivity contribution in [3.8, 4) is 0 Å². The molecule has 2 nitrogen and oxygen atoms in total. The van der Waals surface area contributed by atoms with Gasteiger partial charge in [0.15, 0.2) is 0 Å². The summed E-state index contributed by atoms with van der Waals surface area (Å²) in [4.78, 5) is 0. The molecule has 0 aliphatic heterocycles. The minimum Gasteiger partial charge on any atom is -0.380 e. The first kappa shape index (κ1) is 14.0. The maximum Gasteiger partial charge on any atom is 0.149 e. The fourth-order valence-electron chi connectivity index (χ4n) is 2.84. The van der Waals surface area contributed by atoms with Crippen LogP contribution in [0.15, 0.2) is 40.9 Å². The Hall–Kier alpha value is -0.940. The third kappa shape index (κ3) is 1.91. The molecule has 0 saturated heterocycles. The van der Waals surface area contributed by atoms with Gasteiger partial charge in [-0.2, -0.15) is 0 Å². The molecule has 2 unspecified atom stereocenters. The van der Waals surface area contributed by atoms with Gasteiger partial charge >= 0.3 is 0 Å². The summed E-state index contributed by atoms with van der Waals surface area (Å²) >= 11 is 9.09. The van der Waals surface area contributed by atoms with E-state index in [2.05, 4.69) is 15.9 Å². The van der Waals surface area contributed by atoms with Crippen molar-refractivity contribution < 1.29 is 9.50 Å². The highest BCUT2D eigenvalue weighted by Crippen LogP contribution is 2.48. The highest BCUT2D eigenvalue weighted by atomic mass is 79.9. The van der Waals surface area contributed by atoms with Gasteiger partial charge in [0, 0.05) is 22.5 Å². The zero-order valence-corrected chi connectivity index (χ0v) is 12.7. The maximum atomic E-state index is 14.4. The second-order valence-corrected chi connectivity index (χ2v) is 6.21. The number of aliphatic hydroxyl groups is 1. The largest absolute Gasteiger partial charge is 0.380 e. The second-order valence-electron chi connectivity index (χ2n) is 4.98. The van der Waals surface area contributed by atoms with Crippen LogP contribution < -0.4 is 5.73 Å². The average molecular weight is 357 g/mol. The van der Waals surface area contributed by atoms with Crippen LogP contribution in [0.4, 0.5) is 4.39 Å². The first-order valence-electron chi connectivity index (χ1n) is 6.16. The molecule has 0 saturated carbocycles. The molecule has 1 aliphatic carbocycles. The summed E-state index contributed by atoms with van der Waals surface area (Å²) in [7, 11) is 0. The topological polar surface area (TPSA) is 46.2 Å². The fraction of sp³-hybridized carbons (Fsp3) is 0.200. The molecule has 2 aromatic rings. The van der Waals surface area contributed by atoms with Crippen molar-refractivity contribution in [3.05, 3.63) is 68.4 Å². The van der Waals surface area contributed by atoms with Gasteiger partial charge in [0.05, 0.1) is 5.02 Å². The highest BCUT2D eigenvalue weighted by molar-refractivity contribution is 9.10. The standard InChI is InChI=1S/C15H12BrClFNO/c16-11-6-5-10(14(18)13(11)17)15(20)7-12(19)8-3-1-2-4-9(8)15/h1-6,12,20H,7,19H2. The third-order valence-corrected chi connectivity index (χ3v) is 5.06. The van der Waals surface area contributed by atoms with E-state index >= 15 is 0 Å². The van der Waals surface area contributed by atoms with E-state index in [0.29, 0.717) is 10.0 Å². The van der Waals surface area contributed by atoms with Crippen LogP contribution in [0.2, 0.25) is 5.02 Å². The smallest absolute Gasteiger partial charge is 0.149 e. The van der Waals surface area contributed by atoms with E-state index in [1.807, 2.05) is 12.1 Å². The van der Waals surface area contributed by atoms with E-state index in [1.165, 1.54) is 0 Å². The lowest BCUT2D eigenvalue weighted by atomic mass is 9.87. The van der Waals surface area contributed by atoms with Gasteiger partial charge in [0.1, 0.15) is 11.4 Å². The van der Waals surface area contributed by atoms with E-state index in [4.69, 9.17) is 17.3 Å². The van der Waals surface area contributed by atoms with E-state index in [-0.39, 0.29) is 23.0 Å². The normalized spacial score (nSPS) is 24.8. The van der Waals surface area contributed by atoms with Crippen LogP contribution in [0.3, 0.4) is 0 Å². The summed E-state index contributed by atoms with van der Waals surface area (Å²) in [5.74, 6) is -0.618. The van der Waals surface area contributed by atoms with Gasteiger partial charge in [0.2, 0.25) is 0 Å². The van der Waals surface area contributed by atoms with Gasteiger partial charge < -0.3 is 10.8 Å². The van der Waals surface area contributed by atoms with Crippen LogP contribution in [-0.2, 0) is 5.60 Å². The van der Waals surface area contributed by atoms with Crippen molar-refractivity contribution in [2.75, 3.05) is 0 Å². The molecule has 0 aromatic heterocycles. The lowest BCUT2D eigenvalue weighted by molar-refractivity contribution is 0.0737. The fourth-order valence-corrected chi connectivity index (χ4v) is 3.31. The molecule has 1 aliphatic rings. The molecule has 0 heterocycles. The van der Waals surface area contributed by atoms with Crippen molar-refractivity contribution in [1.29, 1.82) is 0 Å². The Bertz CT molecular complexity index is 694. The summed E-state index contributed by atoms with van der Waals surface area (Å²) in [6, 6.07) is 10.1. The Morgan fingerprint density at radius 1 is 1.25 bits per heavy atom. The molecule has 20 heavy (non-hydrogen) atoms. The average Bonchev–Trinajstić information content (AvgIpc) is 2.69. The number of hydrogen-bond donors (Lipinski definition) is 2. The number of rotatable bonds is 1. The Morgan fingerprint density at radius 2 is 1.95 bits per heavy atom. The highest BCUT2D eigenvalue weighted by Gasteiger charge is 2.44. The zero-order chi connectivity index (χ0) is 14.5. The quantitative estimate of drug-likeness (QED) is 0.762. The third-order valence-electron chi connectivity index (χ3n) is 3.80. The van der Waals surface area contributed by atoms with Crippen LogP contribution in [0, 0.1) is 5.82 Å². The van der Waals surface area contributed by atoms with Crippen molar-refractivity contribution in [1.82, 2.24) is 0 Å². The summed E-state index contributed by atoms with van der Waals surface area (Å²) < 4.78 is 14.9. The zero-order valence-electron chi connectivity index (χ0n) is 10.4. The summed E-state index contributed by atoms with van der Waals surface area (Å²) in [6.45, 7) is 0. The number of fused-ring (bicyclic) bond motifs is 1. The lowest BCUT2D eigenvalue weighted by Crippen LogP contribution is -2.26. The van der Waals surface area contributed by atoms with Gasteiger partial charge in [-0.25, -0.2) is 4.39 Å². The molecule has 2 atom stereocenters. The van der Waals surface area contributed by atoms with Gasteiger partial charge in [-0.1, -0.05) is 41.9 Å². The van der Waals surface area contributed by atoms with E-state index < -0.39 is 11.4 Å². The number of hydrogen-bond acceptors (Lipinski definition) is 2. The Balaban J connectivity index is 2.23. The first-order valence-corrected chi connectivity index (χ1v) is 7.33. The molecule has 3 N–H and O–H groups in total. The molecule has 0 spiro atoms. The van der Waals surface area contributed by atoms with Crippen molar-refractivity contribution in [2.24, 2.45) is 5.73 Å². The SMILES string of the molecule is NC1CC(O)(c2ccc(Br)c(Cl)c2F)c2ccccc21. The van der Waals surface area contributed by atoms with Crippen LogP contribution in [0.1, 0.15) is 29.2 Å². The molecule has 0 fully saturated rings. The number of benzene rings is 2. The van der Waals surface area contributed by atoms with E-state index in [9.17, 15) is 9.50 Å². The summed E-state index contributed by atoms with van der Waals surface area (Å²) in [5, 5.41) is 11.0. The Morgan fingerprint density at radius 3 is 2.70 bits per heavy atom. The molecule has 0 radical (unpaired) electrons. The molecule has 3 rings (SSSR count). The van der Waals surface area contributed by atoms with Crippen LogP contribution >= 0.6 is 27.5 Å². The minimum atomic E-state index is -1.44. The van der Waals surface area contributed by atoms with Gasteiger partial charge in [-0.3, -0.25) is 0 Å². The van der Waals surface area contributed by atoms with Gasteiger partial charge in [0.25, 0.3) is 0 Å².